The number of anilines is 1. The second-order valence-corrected chi connectivity index (χ2v) is 8.75. The number of nitrogens with zero attached hydrogens (tertiary/aromatic N) is 5. The van der Waals surface area contributed by atoms with Gasteiger partial charge in [-0.3, -0.25) is 14.2 Å². The van der Waals surface area contributed by atoms with Crippen LogP contribution in [0.5, 0.6) is 0 Å². The van der Waals surface area contributed by atoms with Crippen LogP contribution in [0.1, 0.15) is 36.2 Å². The number of aryl methyl sites for hydroxylation is 3. The molecule has 5 rings (SSSR count). The van der Waals surface area contributed by atoms with Crippen molar-refractivity contribution in [3.63, 3.8) is 0 Å². The van der Waals surface area contributed by atoms with E-state index < -0.39 is 0 Å². The first-order valence-corrected chi connectivity index (χ1v) is 11.6. The third-order valence-corrected chi connectivity index (χ3v) is 5.87. The lowest BCUT2D eigenvalue weighted by Crippen LogP contribution is -2.25. The van der Waals surface area contributed by atoms with Crippen LogP contribution in [0.2, 0.25) is 0 Å². The number of amides is 1. The highest BCUT2D eigenvalue weighted by atomic mass is 16.5. The zero-order chi connectivity index (χ0) is 24.5. The van der Waals surface area contributed by atoms with Crippen LogP contribution < -0.4 is 10.9 Å². The van der Waals surface area contributed by atoms with Crippen molar-refractivity contribution in [3.05, 3.63) is 82.0 Å². The molecule has 178 valence electrons. The van der Waals surface area contributed by atoms with Gasteiger partial charge in [-0.15, -0.1) is 0 Å². The summed E-state index contributed by atoms with van der Waals surface area (Å²) in [5.41, 5.74) is 4.22. The number of hydrogen-bond donors (Lipinski definition) is 1. The first-order valence-electron chi connectivity index (χ1n) is 11.6. The SMILES string of the molecule is CCCc1noc(Cn2cnc3c4cc(C)ccc4n(CC(=O)Nc4cccc(C)c4)c3c2=O)n1. The number of benzene rings is 2. The first-order chi connectivity index (χ1) is 16.9. The second-order valence-electron chi connectivity index (χ2n) is 8.75. The zero-order valence-electron chi connectivity index (χ0n) is 19.9. The predicted octanol–water partition coefficient (Wildman–Crippen LogP) is 3.99. The summed E-state index contributed by atoms with van der Waals surface area (Å²) in [7, 11) is 0. The Bertz CT molecular complexity index is 1610. The molecule has 0 atom stereocenters. The number of aromatic nitrogens is 5. The Morgan fingerprint density at radius 1 is 1.11 bits per heavy atom. The van der Waals surface area contributed by atoms with Gasteiger partial charge in [0.2, 0.25) is 11.8 Å². The lowest BCUT2D eigenvalue weighted by atomic mass is 10.1. The molecule has 0 aliphatic rings. The van der Waals surface area contributed by atoms with Gasteiger partial charge in [-0.25, -0.2) is 4.98 Å². The van der Waals surface area contributed by atoms with Gasteiger partial charge in [0.1, 0.15) is 24.1 Å². The fourth-order valence-corrected chi connectivity index (χ4v) is 4.28. The molecule has 3 heterocycles. The van der Waals surface area contributed by atoms with Gasteiger partial charge in [-0.1, -0.05) is 35.8 Å². The van der Waals surface area contributed by atoms with Crippen LogP contribution in [0.4, 0.5) is 5.69 Å². The Morgan fingerprint density at radius 3 is 2.74 bits per heavy atom. The summed E-state index contributed by atoms with van der Waals surface area (Å²) < 4.78 is 8.48. The fraction of sp³-hybridized carbons (Fsp3) is 0.269. The highest BCUT2D eigenvalue weighted by Crippen LogP contribution is 2.26. The molecule has 0 spiro atoms. The normalized spacial score (nSPS) is 11.4. The highest BCUT2D eigenvalue weighted by Gasteiger charge is 2.19. The lowest BCUT2D eigenvalue weighted by Gasteiger charge is -2.10. The molecule has 2 aromatic carbocycles. The van der Waals surface area contributed by atoms with Crippen LogP contribution in [-0.2, 0) is 24.3 Å². The van der Waals surface area contributed by atoms with E-state index >= 15 is 0 Å². The second kappa shape index (κ2) is 9.17. The summed E-state index contributed by atoms with van der Waals surface area (Å²) in [6, 6.07) is 13.5. The van der Waals surface area contributed by atoms with Crippen LogP contribution in [0, 0.1) is 13.8 Å². The summed E-state index contributed by atoms with van der Waals surface area (Å²) in [4.78, 5) is 35.6. The molecule has 9 nitrogen and oxygen atoms in total. The van der Waals surface area contributed by atoms with Crippen LogP contribution >= 0.6 is 0 Å². The van der Waals surface area contributed by atoms with E-state index in [1.807, 2.05) is 63.2 Å². The molecule has 1 amide bonds. The van der Waals surface area contributed by atoms with E-state index in [1.165, 1.54) is 10.9 Å². The van der Waals surface area contributed by atoms with Gasteiger partial charge >= 0.3 is 0 Å². The maximum Gasteiger partial charge on any atom is 0.278 e. The molecule has 9 heteroatoms. The van der Waals surface area contributed by atoms with Crippen molar-refractivity contribution in [1.29, 1.82) is 0 Å². The monoisotopic (exact) mass is 470 g/mol. The van der Waals surface area contributed by atoms with Gasteiger partial charge in [0.05, 0.1) is 11.8 Å². The molecule has 5 aromatic rings. The lowest BCUT2D eigenvalue weighted by molar-refractivity contribution is -0.116. The minimum Gasteiger partial charge on any atom is -0.337 e. The van der Waals surface area contributed by atoms with Crippen molar-refractivity contribution >= 4 is 33.5 Å². The first kappa shape index (κ1) is 22.5. The van der Waals surface area contributed by atoms with E-state index in [9.17, 15) is 9.59 Å². The predicted molar refractivity (Wildman–Crippen MR) is 133 cm³/mol. The van der Waals surface area contributed by atoms with Gasteiger partial charge in [0, 0.05) is 17.5 Å². The molecule has 0 bridgehead atoms. The van der Waals surface area contributed by atoms with Crippen molar-refractivity contribution in [2.75, 3.05) is 5.32 Å². The number of rotatable bonds is 7. The fourth-order valence-electron chi connectivity index (χ4n) is 4.28. The van der Waals surface area contributed by atoms with Crippen molar-refractivity contribution in [1.82, 2.24) is 24.3 Å². The average molecular weight is 471 g/mol. The molecule has 0 radical (unpaired) electrons. The molecular formula is C26H26N6O3. The van der Waals surface area contributed by atoms with Crippen molar-refractivity contribution in [3.8, 4) is 0 Å². The van der Waals surface area contributed by atoms with Crippen LogP contribution in [0.25, 0.3) is 21.9 Å². The number of carbonyl (C=O) groups is 1. The summed E-state index contributed by atoms with van der Waals surface area (Å²) in [6.07, 6.45) is 3.10. The molecular weight excluding hydrogens is 444 g/mol. The third kappa shape index (κ3) is 4.44. The Morgan fingerprint density at radius 2 is 1.94 bits per heavy atom. The molecule has 35 heavy (non-hydrogen) atoms. The van der Waals surface area contributed by atoms with Gasteiger partial charge in [-0.05, 0) is 50.1 Å². The maximum atomic E-state index is 13.6. The van der Waals surface area contributed by atoms with E-state index in [-0.39, 0.29) is 24.6 Å². The van der Waals surface area contributed by atoms with Crippen LogP contribution in [0.3, 0.4) is 0 Å². The van der Waals surface area contributed by atoms with E-state index in [1.54, 1.807) is 4.57 Å². The number of fused-ring (bicyclic) bond motifs is 3. The maximum absolute atomic E-state index is 13.6. The largest absolute Gasteiger partial charge is 0.337 e. The topological polar surface area (TPSA) is 108 Å². The Balaban J connectivity index is 1.56. The average Bonchev–Trinajstić information content (AvgIpc) is 3.38. The zero-order valence-corrected chi connectivity index (χ0v) is 19.9. The van der Waals surface area contributed by atoms with Crippen LogP contribution in [-0.4, -0.2) is 30.2 Å². The van der Waals surface area contributed by atoms with Gasteiger partial charge in [-0.2, -0.15) is 4.98 Å². The molecule has 0 saturated carbocycles. The summed E-state index contributed by atoms with van der Waals surface area (Å²) in [5, 5.41) is 7.72. The Hall–Kier alpha value is -4.27. The third-order valence-electron chi connectivity index (χ3n) is 5.87. The molecule has 0 saturated heterocycles. The Kier molecular flexibility index (Phi) is 5.90. The number of carbonyl (C=O) groups excluding carboxylic acids is 1. The summed E-state index contributed by atoms with van der Waals surface area (Å²) >= 11 is 0. The van der Waals surface area contributed by atoms with Crippen LogP contribution in [0.15, 0.2) is 58.1 Å². The minimum absolute atomic E-state index is 0.0286. The summed E-state index contributed by atoms with van der Waals surface area (Å²) in [5.74, 6) is 0.722. The molecule has 0 aliphatic heterocycles. The molecule has 0 aliphatic carbocycles. The molecule has 0 unspecified atom stereocenters. The van der Waals surface area contributed by atoms with Gasteiger partial charge in [0.25, 0.3) is 5.56 Å². The van der Waals surface area contributed by atoms with Gasteiger partial charge < -0.3 is 14.4 Å². The van der Waals surface area contributed by atoms with E-state index in [2.05, 4.69) is 20.4 Å². The van der Waals surface area contributed by atoms with E-state index in [4.69, 9.17) is 4.52 Å². The minimum atomic E-state index is -0.276. The number of nitrogens with one attached hydrogen (secondary N) is 1. The Labute approximate surface area is 201 Å². The molecule has 3 aromatic heterocycles. The van der Waals surface area contributed by atoms with E-state index in [0.29, 0.717) is 34.9 Å². The quantitative estimate of drug-likeness (QED) is 0.385. The summed E-state index contributed by atoms with van der Waals surface area (Å²) in [6.45, 7) is 6.06. The van der Waals surface area contributed by atoms with Crippen molar-refractivity contribution in [2.45, 2.75) is 46.7 Å². The molecule has 0 fully saturated rings. The standard InChI is InChI=1S/C26H26N6O3/c1-4-6-21-29-23(35-30-21)14-31-15-27-24-19-12-17(3)9-10-20(19)32(25(24)26(31)34)13-22(33)28-18-8-5-7-16(2)11-18/h5,7-12,15H,4,6,13-14H2,1-3H3,(H,28,33). The van der Waals surface area contributed by atoms with E-state index in [0.717, 1.165) is 28.5 Å². The highest BCUT2D eigenvalue weighted by molar-refractivity contribution is 6.06. The molecule has 1 N–H and O–H groups in total. The number of hydrogen-bond acceptors (Lipinski definition) is 6. The van der Waals surface area contributed by atoms with Crippen molar-refractivity contribution in [2.24, 2.45) is 0 Å². The smallest absolute Gasteiger partial charge is 0.278 e. The van der Waals surface area contributed by atoms with Crippen molar-refractivity contribution < 1.29 is 9.32 Å². The van der Waals surface area contributed by atoms with Gasteiger partial charge in [0.15, 0.2) is 5.82 Å².